The van der Waals surface area contributed by atoms with Gasteiger partial charge in [-0.1, -0.05) is 22.9 Å². The first-order valence-corrected chi connectivity index (χ1v) is 6.00. The lowest BCUT2D eigenvalue weighted by Gasteiger charge is -2.01. The molecule has 0 fully saturated rings. The quantitative estimate of drug-likeness (QED) is 0.844. The molecule has 3 amide bonds. The van der Waals surface area contributed by atoms with E-state index in [1.807, 2.05) is 5.32 Å². The molecule has 2 rings (SSSR count). The number of methoxy groups -OCH3 is 1. The molecule has 0 radical (unpaired) electrons. The van der Waals surface area contributed by atoms with Crippen molar-refractivity contribution in [3.8, 4) is 0 Å². The molecule has 2 aromatic rings. The number of alkyl carbamates (subject to hydrolysis) is 1. The Morgan fingerprint density at radius 2 is 2.22 bits per heavy atom. The number of amides is 3. The van der Waals surface area contributed by atoms with Crippen LogP contribution in [0.25, 0.3) is 10.2 Å². The summed E-state index contributed by atoms with van der Waals surface area (Å²) >= 11 is 7.10. The average Bonchev–Trinajstić information content (AvgIpc) is 2.69. The highest BCUT2D eigenvalue weighted by Gasteiger charge is 2.10. The number of thiazole rings is 1. The highest BCUT2D eigenvalue weighted by atomic mass is 35.5. The third-order valence-electron chi connectivity index (χ3n) is 1.97. The molecule has 0 saturated carbocycles. The second kappa shape index (κ2) is 5.19. The van der Waals surface area contributed by atoms with E-state index in [2.05, 4.69) is 15.0 Å². The number of carbonyl (C=O) groups is 2. The molecule has 1 aromatic carbocycles. The molecule has 0 aliphatic heterocycles. The number of ether oxygens (including phenoxy) is 1. The molecule has 6 nitrogen and oxygen atoms in total. The normalized spacial score (nSPS) is 10.1. The predicted molar refractivity (Wildman–Crippen MR) is 69.2 cm³/mol. The molecular weight excluding hydrogens is 278 g/mol. The maximum atomic E-state index is 11.3. The Labute approximate surface area is 111 Å². The Morgan fingerprint density at radius 1 is 1.44 bits per heavy atom. The van der Waals surface area contributed by atoms with Gasteiger partial charge in [0.2, 0.25) is 0 Å². The molecule has 0 aliphatic carbocycles. The van der Waals surface area contributed by atoms with Crippen molar-refractivity contribution in [3.05, 3.63) is 23.2 Å². The van der Waals surface area contributed by atoms with Crippen molar-refractivity contribution in [2.45, 2.75) is 0 Å². The molecule has 1 aromatic heterocycles. The van der Waals surface area contributed by atoms with Crippen molar-refractivity contribution in [3.63, 3.8) is 0 Å². The van der Waals surface area contributed by atoms with E-state index in [0.29, 0.717) is 15.7 Å². The maximum absolute atomic E-state index is 11.3. The number of rotatable bonds is 1. The zero-order valence-electron chi connectivity index (χ0n) is 9.19. The fraction of sp³-hybridized carbons (Fsp3) is 0.100. The van der Waals surface area contributed by atoms with E-state index in [4.69, 9.17) is 11.6 Å². The lowest BCUT2D eigenvalue weighted by atomic mass is 10.3. The van der Waals surface area contributed by atoms with Gasteiger partial charge in [0.05, 0.1) is 17.3 Å². The summed E-state index contributed by atoms with van der Waals surface area (Å²) in [6, 6.07) is 4.53. The van der Waals surface area contributed by atoms with E-state index in [-0.39, 0.29) is 0 Å². The first kappa shape index (κ1) is 12.6. The van der Waals surface area contributed by atoms with Gasteiger partial charge in [-0.3, -0.25) is 5.32 Å². The van der Waals surface area contributed by atoms with Crippen LogP contribution in [0.2, 0.25) is 5.02 Å². The van der Waals surface area contributed by atoms with Gasteiger partial charge < -0.3 is 4.74 Å². The van der Waals surface area contributed by atoms with E-state index >= 15 is 0 Å². The number of urea groups is 1. The van der Waals surface area contributed by atoms with E-state index in [9.17, 15) is 9.59 Å². The molecule has 94 valence electrons. The largest absolute Gasteiger partial charge is 0.453 e. The fourth-order valence-electron chi connectivity index (χ4n) is 1.23. The van der Waals surface area contributed by atoms with Gasteiger partial charge in [-0.25, -0.2) is 19.9 Å². The summed E-state index contributed by atoms with van der Waals surface area (Å²) in [5.74, 6) is 0. The number of nitrogens with one attached hydrogen (secondary N) is 2. The van der Waals surface area contributed by atoms with Gasteiger partial charge in [-0.15, -0.1) is 0 Å². The Morgan fingerprint density at radius 3 is 2.94 bits per heavy atom. The number of fused-ring (bicyclic) bond motifs is 1. The Balaban J connectivity index is 2.12. The van der Waals surface area contributed by atoms with Crippen LogP contribution >= 0.6 is 22.9 Å². The summed E-state index contributed by atoms with van der Waals surface area (Å²) < 4.78 is 5.17. The molecule has 0 bridgehead atoms. The molecule has 2 N–H and O–H groups in total. The van der Waals surface area contributed by atoms with E-state index in [1.54, 1.807) is 18.2 Å². The van der Waals surface area contributed by atoms with Crippen LogP contribution in [0, 0.1) is 0 Å². The maximum Gasteiger partial charge on any atom is 0.415 e. The van der Waals surface area contributed by atoms with Gasteiger partial charge in [0.1, 0.15) is 0 Å². The Hall–Kier alpha value is -1.86. The van der Waals surface area contributed by atoms with Crippen molar-refractivity contribution in [2.24, 2.45) is 0 Å². The number of halogens is 1. The SMILES string of the molecule is COC(=O)NC(=O)Nc1nc2cc(Cl)ccc2s1. The first-order chi connectivity index (χ1) is 8.58. The Kier molecular flexibility index (Phi) is 3.63. The van der Waals surface area contributed by atoms with Gasteiger partial charge in [-0.05, 0) is 18.2 Å². The number of imide groups is 1. The van der Waals surface area contributed by atoms with Crippen molar-refractivity contribution in [1.29, 1.82) is 0 Å². The fourth-order valence-corrected chi connectivity index (χ4v) is 2.23. The smallest absolute Gasteiger partial charge is 0.415 e. The Bertz CT molecular complexity index is 613. The van der Waals surface area contributed by atoms with Crippen LogP contribution in [0.1, 0.15) is 0 Å². The van der Waals surface area contributed by atoms with Crippen LogP contribution in [0.4, 0.5) is 14.7 Å². The molecule has 0 aliphatic rings. The second-order valence-electron chi connectivity index (χ2n) is 3.20. The second-order valence-corrected chi connectivity index (χ2v) is 4.67. The van der Waals surface area contributed by atoms with Gasteiger partial charge in [-0.2, -0.15) is 0 Å². The summed E-state index contributed by atoms with van der Waals surface area (Å²) in [5, 5.41) is 5.33. The predicted octanol–water partition coefficient (Wildman–Crippen LogP) is 2.84. The number of nitrogens with zero attached hydrogens (tertiary/aromatic N) is 1. The first-order valence-electron chi connectivity index (χ1n) is 4.80. The number of hydrogen-bond acceptors (Lipinski definition) is 5. The number of carbonyl (C=O) groups excluding carboxylic acids is 2. The minimum Gasteiger partial charge on any atom is -0.453 e. The van der Waals surface area contributed by atoms with Crippen LogP contribution in [0.3, 0.4) is 0 Å². The van der Waals surface area contributed by atoms with Crippen LogP contribution in [0.5, 0.6) is 0 Å². The third kappa shape index (κ3) is 2.88. The molecule has 1 heterocycles. The molecule has 0 spiro atoms. The van der Waals surface area contributed by atoms with Gasteiger partial charge in [0.25, 0.3) is 0 Å². The minimum absolute atomic E-state index is 0.369. The summed E-state index contributed by atoms with van der Waals surface area (Å²) in [5.41, 5.74) is 0.681. The summed E-state index contributed by atoms with van der Waals surface area (Å²) in [6.45, 7) is 0. The molecule has 8 heteroatoms. The van der Waals surface area contributed by atoms with Crippen molar-refractivity contribution in [2.75, 3.05) is 12.4 Å². The number of benzene rings is 1. The van der Waals surface area contributed by atoms with Gasteiger partial charge in [0.15, 0.2) is 5.13 Å². The lowest BCUT2D eigenvalue weighted by Crippen LogP contribution is -2.34. The van der Waals surface area contributed by atoms with E-state index < -0.39 is 12.1 Å². The molecular formula is C10H8ClN3O3S. The lowest BCUT2D eigenvalue weighted by molar-refractivity contribution is 0.172. The molecule has 0 saturated heterocycles. The van der Waals surface area contributed by atoms with Gasteiger partial charge >= 0.3 is 12.1 Å². The number of anilines is 1. The van der Waals surface area contributed by atoms with Crippen LogP contribution in [0.15, 0.2) is 18.2 Å². The van der Waals surface area contributed by atoms with E-state index in [0.717, 1.165) is 4.70 Å². The minimum atomic E-state index is -0.836. The summed E-state index contributed by atoms with van der Waals surface area (Å²) in [4.78, 5) is 26.3. The molecule has 0 atom stereocenters. The van der Waals surface area contributed by atoms with Gasteiger partial charge in [0, 0.05) is 5.02 Å². The number of aromatic nitrogens is 1. The van der Waals surface area contributed by atoms with Crippen LogP contribution in [-0.2, 0) is 4.74 Å². The average molecular weight is 286 g/mol. The molecule has 18 heavy (non-hydrogen) atoms. The third-order valence-corrected chi connectivity index (χ3v) is 3.16. The van der Waals surface area contributed by atoms with Crippen molar-refractivity contribution >= 4 is 50.4 Å². The number of hydrogen-bond donors (Lipinski definition) is 2. The molecule has 0 unspecified atom stereocenters. The highest BCUT2D eigenvalue weighted by Crippen LogP contribution is 2.27. The van der Waals surface area contributed by atoms with Crippen LogP contribution < -0.4 is 10.6 Å². The van der Waals surface area contributed by atoms with Crippen LogP contribution in [-0.4, -0.2) is 24.2 Å². The highest BCUT2D eigenvalue weighted by molar-refractivity contribution is 7.22. The standard InChI is InChI=1S/C10H8ClN3O3S/c1-17-10(16)14-8(15)13-9-12-6-4-5(11)2-3-7(6)18-9/h2-4H,1H3,(H2,12,13,14,15,16). The summed E-state index contributed by atoms with van der Waals surface area (Å²) in [6.07, 6.45) is -0.836. The summed E-state index contributed by atoms with van der Waals surface area (Å²) in [7, 11) is 1.17. The zero-order chi connectivity index (χ0) is 13.1. The topological polar surface area (TPSA) is 80.3 Å². The monoisotopic (exact) mass is 285 g/mol. The van der Waals surface area contributed by atoms with Crippen molar-refractivity contribution in [1.82, 2.24) is 10.3 Å². The van der Waals surface area contributed by atoms with E-state index in [1.165, 1.54) is 18.4 Å². The van der Waals surface area contributed by atoms with Crippen molar-refractivity contribution < 1.29 is 14.3 Å². The zero-order valence-corrected chi connectivity index (χ0v) is 10.8.